The molecule has 0 radical (unpaired) electrons. The summed E-state index contributed by atoms with van der Waals surface area (Å²) in [5, 5.41) is 9.99. The second-order valence-electron chi connectivity index (χ2n) is 5.50. The molecule has 2 saturated heterocycles. The molecule has 0 aliphatic carbocycles. The first kappa shape index (κ1) is 15.6. The van der Waals surface area contributed by atoms with E-state index in [9.17, 15) is 14.9 Å². The zero-order valence-corrected chi connectivity index (χ0v) is 13.5. The highest BCUT2D eigenvalue weighted by Crippen LogP contribution is 2.36. The van der Waals surface area contributed by atoms with Gasteiger partial charge in [-0.15, -0.1) is 0 Å². The molecule has 2 aliphatic rings. The number of nitriles is 1. The summed E-state index contributed by atoms with van der Waals surface area (Å²) in [7, 11) is 0. The van der Waals surface area contributed by atoms with Crippen LogP contribution < -0.4 is 4.90 Å². The predicted molar refractivity (Wildman–Crippen MR) is 89.5 cm³/mol. The van der Waals surface area contributed by atoms with Crippen LogP contribution in [0.2, 0.25) is 0 Å². The second kappa shape index (κ2) is 6.88. The summed E-state index contributed by atoms with van der Waals surface area (Å²) in [6, 6.07) is 11.2. The van der Waals surface area contributed by atoms with Gasteiger partial charge in [0, 0.05) is 18.8 Å². The van der Waals surface area contributed by atoms with Gasteiger partial charge in [0.25, 0.3) is 5.91 Å². The number of piperidine rings is 1. The molecule has 2 fully saturated rings. The molecule has 2 amide bonds. The number of benzene rings is 1. The van der Waals surface area contributed by atoms with Crippen molar-refractivity contribution in [3.63, 3.8) is 0 Å². The van der Waals surface area contributed by atoms with Crippen molar-refractivity contribution < 1.29 is 9.59 Å². The lowest BCUT2D eigenvalue weighted by atomic mass is 10.1. The van der Waals surface area contributed by atoms with Crippen LogP contribution in [0.1, 0.15) is 19.3 Å². The molecule has 1 aromatic rings. The van der Waals surface area contributed by atoms with E-state index in [1.807, 2.05) is 36.4 Å². The van der Waals surface area contributed by atoms with Gasteiger partial charge in [0.15, 0.2) is 0 Å². The fraction of sp³-hybridized carbons (Fsp3) is 0.353. The van der Waals surface area contributed by atoms with Crippen LogP contribution in [0.15, 0.2) is 40.9 Å². The molecule has 2 heterocycles. The highest BCUT2D eigenvalue weighted by Gasteiger charge is 2.34. The first-order valence-electron chi connectivity index (χ1n) is 7.67. The lowest BCUT2D eigenvalue weighted by Gasteiger charge is -2.27. The van der Waals surface area contributed by atoms with E-state index in [0.29, 0.717) is 23.8 Å². The molecule has 0 spiro atoms. The topological polar surface area (TPSA) is 64.4 Å². The summed E-state index contributed by atoms with van der Waals surface area (Å²) < 4.78 is 0. The smallest absolute Gasteiger partial charge is 0.267 e. The van der Waals surface area contributed by atoms with Crippen LogP contribution in [0.25, 0.3) is 0 Å². The Morgan fingerprint density at radius 1 is 1.13 bits per heavy atom. The number of carbonyl (C=O) groups is 2. The molecular weight excluding hydrogens is 310 g/mol. The number of rotatable bonds is 2. The normalized spacial score (nSPS) is 20.4. The zero-order valence-electron chi connectivity index (χ0n) is 12.7. The van der Waals surface area contributed by atoms with Crippen LogP contribution in [-0.4, -0.2) is 35.6 Å². The van der Waals surface area contributed by atoms with Gasteiger partial charge < -0.3 is 4.90 Å². The summed E-state index contributed by atoms with van der Waals surface area (Å²) in [4.78, 5) is 28.2. The Labute approximate surface area is 139 Å². The number of carbonyl (C=O) groups excluding carboxylic acids is 2. The van der Waals surface area contributed by atoms with Gasteiger partial charge in [-0.05, 0) is 31.4 Å². The van der Waals surface area contributed by atoms with Gasteiger partial charge in [-0.2, -0.15) is 5.26 Å². The number of nitrogens with zero attached hydrogens (tertiary/aromatic N) is 3. The number of hydrogen-bond donors (Lipinski definition) is 0. The molecule has 0 atom stereocenters. The summed E-state index contributed by atoms with van der Waals surface area (Å²) >= 11 is 1.26. The van der Waals surface area contributed by atoms with Gasteiger partial charge in [0.2, 0.25) is 5.91 Å². The molecular formula is C17H17N3O2S. The van der Waals surface area contributed by atoms with Crippen molar-refractivity contribution >= 4 is 29.3 Å². The van der Waals surface area contributed by atoms with Gasteiger partial charge in [0.05, 0.1) is 5.75 Å². The average molecular weight is 327 g/mol. The van der Waals surface area contributed by atoms with Crippen LogP contribution in [-0.2, 0) is 9.59 Å². The third kappa shape index (κ3) is 3.10. The second-order valence-corrected chi connectivity index (χ2v) is 6.46. The predicted octanol–water partition coefficient (Wildman–Crippen LogP) is 2.51. The monoisotopic (exact) mass is 327 g/mol. The molecule has 6 heteroatoms. The first-order valence-corrected chi connectivity index (χ1v) is 8.65. The Bertz CT molecular complexity index is 688. The van der Waals surface area contributed by atoms with Crippen molar-refractivity contribution in [1.82, 2.24) is 4.90 Å². The quantitative estimate of drug-likeness (QED) is 0.618. The molecule has 0 N–H and O–H groups in total. The number of hydrogen-bond acceptors (Lipinski definition) is 4. The van der Waals surface area contributed by atoms with E-state index in [2.05, 4.69) is 0 Å². The van der Waals surface area contributed by atoms with Gasteiger partial charge in [-0.25, -0.2) is 0 Å². The number of likely N-dealkylation sites (tertiary alicyclic amines) is 1. The van der Waals surface area contributed by atoms with Crippen LogP contribution in [0.4, 0.5) is 5.69 Å². The molecule has 5 nitrogen and oxygen atoms in total. The van der Waals surface area contributed by atoms with E-state index in [1.165, 1.54) is 16.7 Å². The van der Waals surface area contributed by atoms with E-state index in [1.54, 1.807) is 4.90 Å². The van der Waals surface area contributed by atoms with E-state index in [0.717, 1.165) is 19.3 Å². The average Bonchev–Trinajstić information content (AvgIpc) is 2.98. The van der Waals surface area contributed by atoms with Crippen molar-refractivity contribution in [2.75, 3.05) is 23.7 Å². The van der Waals surface area contributed by atoms with Gasteiger partial charge in [0.1, 0.15) is 16.7 Å². The lowest BCUT2D eigenvalue weighted by molar-refractivity contribution is -0.127. The largest absolute Gasteiger partial charge is 0.338 e. The van der Waals surface area contributed by atoms with E-state index in [4.69, 9.17) is 0 Å². The van der Waals surface area contributed by atoms with Crippen molar-refractivity contribution in [2.45, 2.75) is 19.3 Å². The van der Waals surface area contributed by atoms with Gasteiger partial charge in [-0.1, -0.05) is 30.0 Å². The van der Waals surface area contributed by atoms with E-state index in [-0.39, 0.29) is 23.1 Å². The van der Waals surface area contributed by atoms with Gasteiger partial charge >= 0.3 is 0 Å². The maximum absolute atomic E-state index is 12.7. The molecule has 2 aliphatic heterocycles. The molecule has 3 rings (SSSR count). The minimum absolute atomic E-state index is 0.0756. The Balaban J connectivity index is 1.97. The standard InChI is InChI=1S/C17H17N3O2S/c18-11-14(16(22)19-9-5-2-6-10-19)17-20(15(21)12-23-17)13-7-3-1-4-8-13/h1,3-4,7-8H,2,5-6,9-10,12H2/b17-14-. The molecule has 0 unspecified atom stereocenters. The Hall–Kier alpha value is -2.26. The fourth-order valence-electron chi connectivity index (χ4n) is 2.84. The molecule has 0 bridgehead atoms. The van der Waals surface area contributed by atoms with Crippen molar-refractivity contribution in [1.29, 1.82) is 5.26 Å². The fourth-order valence-corrected chi connectivity index (χ4v) is 3.84. The maximum Gasteiger partial charge on any atom is 0.267 e. The summed E-state index contributed by atoms with van der Waals surface area (Å²) in [6.07, 6.45) is 3.05. The van der Waals surface area contributed by atoms with E-state index < -0.39 is 0 Å². The molecule has 23 heavy (non-hydrogen) atoms. The molecule has 0 aromatic heterocycles. The van der Waals surface area contributed by atoms with Crippen LogP contribution in [0.5, 0.6) is 0 Å². The molecule has 1 aromatic carbocycles. The third-order valence-corrected chi connectivity index (χ3v) is 5.03. The Kier molecular flexibility index (Phi) is 4.68. The summed E-state index contributed by atoms with van der Waals surface area (Å²) in [5.41, 5.74) is 0.767. The third-order valence-electron chi connectivity index (χ3n) is 3.98. The lowest BCUT2D eigenvalue weighted by Crippen LogP contribution is -2.37. The highest BCUT2D eigenvalue weighted by molar-refractivity contribution is 8.04. The number of anilines is 1. The Morgan fingerprint density at radius 2 is 1.83 bits per heavy atom. The van der Waals surface area contributed by atoms with Crippen molar-refractivity contribution in [3.05, 3.63) is 40.9 Å². The highest BCUT2D eigenvalue weighted by atomic mass is 32.2. The summed E-state index contributed by atoms with van der Waals surface area (Å²) in [5.74, 6) is -0.108. The van der Waals surface area contributed by atoms with E-state index >= 15 is 0 Å². The number of para-hydroxylation sites is 1. The van der Waals surface area contributed by atoms with Crippen molar-refractivity contribution in [3.8, 4) is 6.07 Å². The summed E-state index contributed by atoms with van der Waals surface area (Å²) in [6.45, 7) is 1.36. The zero-order chi connectivity index (χ0) is 16.2. The minimum Gasteiger partial charge on any atom is -0.338 e. The first-order chi connectivity index (χ1) is 11.2. The molecule has 0 saturated carbocycles. The number of amides is 2. The molecule has 118 valence electrons. The van der Waals surface area contributed by atoms with Crippen molar-refractivity contribution in [2.24, 2.45) is 0 Å². The SMILES string of the molecule is N#C/C(C(=O)N1CCCCC1)=C1/SCC(=O)N1c1ccccc1. The maximum atomic E-state index is 12.7. The van der Waals surface area contributed by atoms with Gasteiger partial charge in [-0.3, -0.25) is 14.5 Å². The minimum atomic E-state index is -0.259. The van der Waals surface area contributed by atoms with Crippen LogP contribution in [0, 0.1) is 11.3 Å². The number of thioether (sulfide) groups is 1. The van der Waals surface area contributed by atoms with Crippen LogP contribution >= 0.6 is 11.8 Å². The van der Waals surface area contributed by atoms with Crippen LogP contribution in [0.3, 0.4) is 0 Å². The Morgan fingerprint density at radius 3 is 2.48 bits per heavy atom.